The van der Waals surface area contributed by atoms with Crippen LogP contribution in [0.1, 0.15) is 122 Å². The van der Waals surface area contributed by atoms with Crippen molar-refractivity contribution in [2.24, 2.45) is 17.8 Å². The largest absolute Gasteiger partial charge is 0.482 e. The summed E-state index contributed by atoms with van der Waals surface area (Å²) in [5.41, 5.74) is 2.79. The number of aliphatic carboxylic acids is 1. The minimum absolute atomic E-state index is 0.342. The molecule has 210 valence electrons. The summed E-state index contributed by atoms with van der Waals surface area (Å²) in [6.45, 7) is 17.3. The van der Waals surface area contributed by atoms with Crippen LogP contribution in [-0.2, 0) is 11.2 Å². The van der Waals surface area contributed by atoms with Crippen LogP contribution in [0.15, 0.2) is 6.07 Å². The van der Waals surface area contributed by atoms with Gasteiger partial charge in [0.25, 0.3) is 0 Å². The van der Waals surface area contributed by atoms with E-state index in [4.69, 9.17) is 14.0 Å². The molecule has 0 saturated carbocycles. The number of ether oxygens (including phenoxy) is 1. The molecule has 0 heterocycles. The van der Waals surface area contributed by atoms with Crippen molar-refractivity contribution in [2.45, 2.75) is 126 Å². The van der Waals surface area contributed by atoms with E-state index in [0.29, 0.717) is 5.75 Å². The Balaban J connectivity index is 0.000000681. The predicted molar refractivity (Wildman–Crippen MR) is 161 cm³/mol. The van der Waals surface area contributed by atoms with Crippen molar-refractivity contribution >= 4 is 28.7 Å². The van der Waals surface area contributed by atoms with Gasteiger partial charge in [0, 0.05) is 0 Å². The van der Waals surface area contributed by atoms with Gasteiger partial charge in [0.15, 0.2) is 6.61 Å². The highest BCUT2D eigenvalue weighted by Gasteiger charge is 2.15. The molecule has 0 spiro atoms. The number of rotatable bonds is 18. The molecule has 0 radical (unpaired) electrons. The Labute approximate surface area is 231 Å². The Kier molecular flexibility index (Phi) is 20.4. The fraction of sp³-hybridized carbons (Fsp3) is 0.767. The minimum Gasteiger partial charge on any atom is -0.482 e. The third kappa shape index (κ3) is 16.0. The molecule has 0 aliphatic rings. The van der Waals surface area contributed by atoms with Gasteiger partial charge in [-0.1, -0.05) is 117 Å². The SMILES string of the molecule is CCCCC[C@H](C)CCC[C@H](C)CCCC(C)C.CCc1cc(OCC(=O)O)c(C)c(C)c1OSS. The Morgan fingerprint density at radius 1 is 0.917 bits per heavy atom. The number of carboxylic acid groups (broad SMARTS) is 1. The van der Waals surface area contributed by atoms with E-state index in [2.05, 4.69) is 46.3 Å². The van der Waals surface area contributed by atoms with E-state index in [1.165, 1.54) is 64.2 Å². The molecule has 4 nitrogen and oxygen atoms in total. The highest BCUT2D eigenvalue weighted by molar-refractivity contribution is 8.66. The van der Waals surface area contributed by atoms with E-state index in [-0.39, 0.29) is 6.61 Å². The second-order valence-corrected chi connectivity index (χ2v) is 11.5. The lowest BCUT2D eigenvalue weighted by Crippen LogP contribution is -2.11. The first kappa shape index (κ1) is 35.0. The molecule has 1 rings (SSSR count). The predicted octanol–water partition coefficient (Wildman–Crippen LogP) is 10.0. The first-order chi connectivity index (χ1) is 17.1. The summed E-state index contributed by atoms with van der Waals surface area (Å²) in [6.07, 6.45) is 15.1. The Bertz CT molecular complexity index is 721. The molecule has 2 atom stereocenters. The molecule has 0 amide bonds. The van der Waals surface area contributed by atoms with Crippen molar-refractivity contribution in [3.63, 3.8) is 0 Å². The van der Waals surface area contributed by atoms with Crippen LogP contribution in [0.5, 0.6) is 11.5 Å². The molecule has 36 heavy (non-hydrogen) atoms. The Morgan fingerprint density at radius 3 is 1.94 bits per heavy atom. The number of carbonyl (C=O) groups is 1. The van der Waals surface area contributed by atoms with Gasteiger partial charge in [-0.05, 0) is 60.8 Å². The van der Waals surface area contributed by atoms with E-state index in [1.54, 1.807) is 0 Å². The number of hydrogen-bond acceptors (Lipinski definition) is 5. The van der Waals surface area contributed by atoms with E-state index in [0.717, 1.165) is 57.7 Å². The van der Waals surface area contributed by atoms with Crippen LogP contribution in [0.2, 0.25) is 0 Å². The molecule has 0 aromatic heterocycles. The van der Waals surface area contributed by atoms with Crippen molar-refractivity contribution < 1.29 is 18.8 Å². The van der Waals surface area contributed by atoms with Crippen molar-refractivity contribution in [3.05, 3.63) is 22.8 Å². The van der Waals surface area contributed by atoms with Crippen molar-refractivity contribution in [1.29, 1.82) is 0 Å². The summed E-state index contributed by atoms with van der Waals surface area (Å²) in [5, 5.41) is 8.64. The molecular formula is C30H54O4S2. The number of aryl methyl sites for hydroxylation is 1. The smallest absolute Gasteiger partial charge is 0.341 e. The fourth-order valence-corrected chi connectivity index (χ4v) is 4.88. The third-order valence-electron chi connectivity index (χ3n) is 6.90. The zero-order valence-electron chi connectivity index (χ0n) is 24.3. The number of benzene rings is 1. The molecule has 0 aliphatic heterocycles. The fourth-order valence-electron chi connectivity index (χ4n) is 4.35. The van der Waals surface area contributed by atoms with E-state index >= 15 is 0 Å². The second kappa shape index (κ2) is 21.0. The van der Waals surface area contributed by atoms with Gasteiger partial charge in [-0.15, -0.1) is 0 Å². The minimum atomic E-state index is -0.989. The molecule has 6 heteroatoms. The van der Waals surface area contributed by atoms with E-state index < -0.39 is 5.97 Å². The third-order valence-corrected chi connectivity index (χ3v) is 7.36. The summed E-state index contributed by atoms with van der Waals surface area (Å²) in [7, 11) is 0. The number of carboxylic acids is 1. The molecule has 0 bridgehead atoms. The quantitative estimate of drug-likeness (QED) is 0.0836. The molecule has 0 unspecified atom stereocenters. The van der Waals surface area contributed by atoms with Gasteiger partial charge in [-0.25, -0.2) is 4.79 Å². The summed E-state index contributed by atoms with van der Waals surface area (Å²) in [5.74, 6) is 3.17. The lowest BCUT2D eigenvalue weighted by molar-refractivity contribution is -0.139. The van der Waals surface area contributed by atoms with E-state index in [9.17, 15) is 4.79 Å². The lowest BCUT2D eigenvalue weighted by atomic mass is 9.92. The summed E-state index contributed by atoms with van der Waals surface area (Å²) in [4.78, 5) is 10.5. The van der Waals surface area contributed by atoms with Crippen LogP contribution in [0.4, 0.5) is 0 Å². The van der Waals surface area contributed by atoms with Gasteiger partial charge in [0.05, 0.1) is 0 Å². The summed E-state index contributed by atoms with van der Waals surface area (Å²) in [6, 6.07) is 1.82. The monoisotopic (exact) mass is 542 g/mol. The molecule has 1 N–H and O–H groups in total. The lowest BCUT2D eigenvalue weighted by Gasteiger charge is -2.16. The van der Waals surface area contributed by atoms with Gasteiger partial charge >= 0.3 is 5.97 Å². The van der Waals surface area contributed by atoms with Crippen LogP contribution in [0.25, 0.3) is 0 Å². The zero-order chi connectivity index (χ0) is 27.5. The average Bonchev–Trinajstić information content (AvgIpc) is 2.82. The molecule has 1 aromatic carbocycles. The van der Waals surface area contributed by atoms with E-state index in [1.807, 2.05) is 26.8 Å². The summed E-state index contributed by atoms with van der Waals surface area (Å²) >= 11 is 4.97. The van der Waals surface area contributed by atoms with Crippen LogP contribution >= 0.6 is 22.7 Å². The molecule has 0 fully saturated rings. The molecule has 0 aliphatic carbocycles. The number of thiol groups is 1. The van der Waals surface area contributed by atoms with Crippen LogP contribution in [0, 0.1) is 31.6 Å². The maximum absolute atomic E-state index is 10.5. The molecule has 0 saturated heterocycles. The highest BCUT2D eigenvalue weighted by Crippen LogP contribution is 2.36. The Morgan fingerprint density at radius 2 is 1.47 bits per heavy atom. The number of unbranched alkanes of at least 4 members (excludes halogenated alkanes) is 2. The maximum Gasteiger partial charge on any atom is 0.341 e. The Hall–Kier alpha value is -1.01. The topological polar surface area (TPSA) is 55.8 Å². The highest BCUT2D eigenvalue weighted by atomic mass is 33.1. The van der Waals surface area contributed by atoms with Gasteiger partial charge in [0.2, 0.25) is 0 Å². The average molecular weight is 543 g/mol. The van der Waals surface area contributed by atoms with Gasteiger partial charge < -0.3 is 14.0 Å². The van der Waals surface area contributed by atoms with Gasteiger partial charge in [0.1, 0.15) is 22.6 Å². The summed E-state index contributed by atoms with van der Waals surface area (Å²) < 4.78 is 10.7. The molecule has 1 aromatic rings. The van der Waals surface area contributed by atoms with Gasteiger partial charge in [-0.2, -0.15) is 0 Å². The molecular weight excluding hydrogens is 488 g/mol. The normalized spacial score (nSPS) is 12.6. The second-order valence-electron chi connectivity index (χ2n) is 10.8. The first-order valence-corrected chi connectivity index (χ1v) is 15.8. The van der Waals surface area contributed by atoms with Crippen molar-refractivity contribution in [2.75, 3.05) is 6.61 Å². The first-order valence-electron chi connectivity index (χ1n) is 14.0. The van der Waals surface area contributed by atoms with Crippen molar-refractivity contribution in [1.82, 2.24) is 0 Å². The van der Waals surface area contributed by atoms with Crippen LogP contribution in [-0.4, -0.2) is 17.7 Å². The van der Waals surface area contributed by atoms with Gasteiger partial charge in [-0.3, -0.25) is 0 Å². The van der Waals surface area contributed by atoms with Crippen LogP contribution in [0.3, 0.4) is 0 Å². The van der Waals surface area contributed by atoms with Crippen molar-refractivity contribution in [3.8, 4) is 11.5 Å². The maximum atomic E-state index is 10.5. The number of hydrogen-bond donors (Lipinski definition) is 2. The zero-order valence-corrected chi connectivity index (χ0v) is 26.0. The standard InChI is InChI=1S/C18H38.C12H16O4S2/c1-6-7-8-12-17(4)14-10-15-18(5)13-9-11-16(2)3;1-4-9-5-10(15-6-11(13)14)7(2)8(3)12(9)16-18-17/h16-18H,6-15H2,1-5H3;5,17H,4,6H2,1-3H3,(H,13,14)/t17-,18+;/m0./s1. The van der Waals surface area contributed by atoms with Crippen LogP contribution < -0.4 is 8.92 Å².